The van der Waals surface area contributed by atoms with Crippen LogP contribution >= 0.6 is 0 Å². The third-order valence-corrected chi connectivity index (χ3v) is 15.0. The highest BCUT2D eigenvalue weighted by atomic mass is 28.4. The number of carbonyl (C=O) groups excluding carboxylic acids is 2. The maximum absolute atomic E-state index is 13.4. The predicted molar refractivity (Wildman–Crippen MR) is 177 cm³/mol. The number of piperidine rings is 1. The van der Waals surface area contributed by atoms with Crippen molar-refractivity contribution in [1.29, 1.82) is 0 Å². The van der Waals surface area contributed by atoms with Crippen molar-refractivity contribution in [2.45, 2.75) is 112 Å². The summed E-state index contributed by atoms with van der Waals surface area (Å²) in [6.07, 6.45) is -4.33. The summed E-state index contributed by atoms with van der Waals surface area (Å²) >= 11 is 0. The van der Waals surface area contributed by atoms with Crippen molar-refractivity contribution in [3.8, 4) is 11.5 Å². The smallest absolute Gasteiger partial charge is 0.490 e. The molecule has 288 valence electrons. The van der Waals surface area contributed by atoms with Crippen LogP contribution in [0.1, 0.15) is 57.6 Å². The predicted octanol–water partition coefficient (Wildman–Crippen LogP) is 2.68. The van der Waals surface area contributed by atoms with Gasteiger partial charge in [-0.05, 0) is 62.3 Å². The number of benzene rings is 1. The maximum Gasteiger partial charge on any atom is 0.490 e. The maximum atomic E-state index is 13.4. The summed E-state index contributed by atoms with van der Waals surface area (Å²) < 4.78 is 57.5. The van der Waals surface area contributed by atoms with Gasteiger partial charge < -0.3 is 45.4 Å². The molecule has 1 aromatic rings. The van der Waals surface area contributed by atoms with Gasteiger partial charge in [-0.2, -0.15) is 13.2 Å². The van der Waals surface area contributed by atoms with Gasteiger partial charge >= 0.3 is 36.0 Å². The highest BCUT2D eigenvalue weighted by molar-refractivity contribution is 6.74. The minimum Gasteiger partial charge on any atom is -0.541 e. The lowest BCUT2D eigenvalue weighted by Crippen LogP contribution is -2.75. The Kier molecular flexibility index (Phi) is 10.9. The average Bonchev–Trinajstić information content (AvgIpc) is 3.36. The Hall–Kier alpha value is -4.20. The molecule has 1 aromatic carbocycles. The number of nitrogens with two attached hydrogens (primary N) is 2. The van der Waals surface area contributed by atoms with Gasteiger partial charge in [-0.1, -0.05) is 26.8 Å². The number of ether oxygens (including phenoxy) is 3. The van der Waals surface area contributed by atoms with Gasteiger partial charge in [0.1, 0.15) is 29.2 Å². The van der Waals surface area contributed by atoms with E-state index in [9.17, 15) is 42.6 Å². The number of hydrogen-bond donors (Lipinski definition) is 5. The normalized spacial score (nSPS) is 25.9. The molecule has 5 rings (SSSR count). The lowest BCUT2D eigenvalue weighted by Gasteiger charge is -2.62. The van der Waals surface area contributed by atoms with E-state index in [0.29, 0.717) is 30.9 Å². The first kappa shape index (κ1) is 40.6. The third-order valence-electron chi connectivity index (χ3n) is 10.6. The SMILES string of the molecule is CN1CC[C@]23c4c5ccc(O[Si](C)(C)C(C)(C)C)c4O[C@H]2C(OC(=O)C[C@H](N)C(=O)O)=CC[C@@]3(OC(=O)C[C@H](N)C(=O)O)[C@H]1C5.O=C(O)C(F)(F)F. The zero-order chi connectivity index (χ0) is 39.4. The van der Waals surface area contributed by atoms with Crippen molar-refractivity contribution < 1.29 is 71.1 Å². The summed E-state index contributed by atoms with van der Waals surface area (Å²) in [6.45, 7) is 11.3. The number of halogens is 3. The van der Waals surface area contributed by atoms with Gasteiger partial charge in [-0.3, -0.25) is 24.1 Å². The molecule has 15 nitrogen and oxygen atoms in total. The molecule has 6 atom stereocenters. The first-order chi connectivity index (χ1) is 23.8. The molecular formula is C33H44F3N3O12Si. The first-order valence-electron chi connectivity index (χ1n) is 16.4. The van der Waals surface area contributed by atoms with Crippen LogP contribution in [0.2, 0.25) is 18.1 Å². The molecule has 0 saturated carbocycles. The highest BCUT2D eigenvalue weighted by Crippen LogP contribution is 2.67. The molecule has 0 unspecified atom stereocenters. The van der Waals surface area contributed by atoms with Gasteiger partial charge in [0.2, 0.25) is 0 Å². The molecule has 0 radical (unpaired) electrons. The van der Waals surface area contributed by atoms with E-state index in [4.69, 9.17) is 40.0 Å². The first-order valence-corrected chi connectivity index (χ1v) is 19.3. The Bertz CT molecular complexity index is 1680. The molecule has 0 aromatic heterocycles. The van der Waals surface area contributed by atoms with E-state index in [1.807, 2.05) is 19.2 Å². The summed E-state index contributed by atoms with van der Waals surface area (Å²) in [6, 6.07) is 0.721. The van der Waals surface area contributed by atoms with Crippen molar-refractivity contribution in [2.75, 3.05) is 13.6 Å². The minimum absolute atomic E-state index is 0.121. The Labute approximate surface area is 298 Å². The van der Waals surface area contributed by atoms with Crippen LogP contribution in [-0.2, 0) is 45.3 Å². The minimum atomic E-state index is -5.08. The monoisotopic (exact) mass is 759 g/mol. The number of carboxylic acids is 3. The fourth-order valence-electron chi connectivity index (χ4n) is 7.06. The van der Waals surface area contributed by atoms with Crippen molar-refractivity contribution in [3.63, 3.8) is 0 Å². The summed E-state index contributed by atoms with van der Waals surface area (Å²) in [5.74, 6) is -5.77. The highest BCUT2D eigenvalue weighted by Gasteiger charge is 2.74. The van der Waals surface area contributed by atoms with Crippen LogP contribution in [0.4, 0.5) is 13.2 Å². The van der Waals surface area contributed by atoms with Crippen LogP contribution in [0.5, 0.6) is 11.5 Å². The molecule has 2 aliphatic carbocycles. The number of rotatable bonds is 10. The molecule has 2 aliphatic heterocycles. The topological polar surface area (TPSA) is 238 Å². The number of nitrogens with zero attached hydrogens (tertiary/aromatic N) is 1. The Morgan fingerprint density at radius 1 is 1.02 bits per heavy atom. The quantitative estimate of drug-likeness (QED) is 0.170. The van der Waals surface area contributed by atoms with Crippen LogP contribution in [0.15, 0.2) is 24.0 Å². The zero-order valence-corrected chi connectivity index (χ0v) is 30.5. The summed E-state index contributed by atoms with van der Waals surface area (Å²) in [5, 5.41) is 25.6. The van der Waals surface area contributed by atoms with E-state index in [-0.39, 0.29) is 23.3 Å². The average molecular weight is 760 g/mol. The molecule has 19 heteroatoms. The lowest BCUT2D eigenvalue weighted by atomic mass is 9.50. The Morgan fingerprint density at radius 2 is 1.58 bits per heavy atom. The van der Waals surface area contributed by atoms with Crippen molar-refractivity contribution in [3.05, 3.63) is 35.1 Å². The molecule has 2 bridgehead atoms. The lowest BCUT2D eigenvalue weighted by molar-refractivity contribution is -0.206. The van der Waals surface area contributed by atoms with Gasteiger partial charge in [0.25, 0.3) is 8.32 Å². The summed E-state index contributed by atoms with van der Waals surface area (Å²) in [4.78, 5) is 60.2. The number of alkyl halides is 3. The second kappa shape index (κ2) is 14.0. The van der Waals surface area contributed by atoms with Crippen LogP contribution < -0.4 is 20.6 Å². The van der Waals surface area contributed by atoms with Crippen molar-refractivity contribution in [2.24, 2.45) is 11.5 Å². The number of carbonyl (C=O) groups is 5. The van der Waals surface area contributed by atoms with Gasteiger partial charge in [0.15, 0.2) is 11.9 Å². The fourth-order valence-corrected chi connectivity index (χ4v) is 8.07. The molecule has 52 heavy (non-hydrogen) atoms. The van der Waals surface area contributed by atoms with Gasteiger partial charge in [0, 0.05) is 12.0 Å². The van der Waals surface area contributed by atoms with E-state index >= 15 is 0 Å². The number of carboxylic acid groups (broad SMARTS) is 3. The molecule has 1 spiro atoms. The molecule has 7 N–H and O–H groups in total. The Balaban J connectivity index is 0.000000785. The largest absolute Gasteiger partial charge is 0.541 e. The van der Waals surface area contributed by atoms with Gasteiger partial charge in [-0.25, -0.2) is 4.79 Å². The molecular weight excluding hydrogens is 715 g/mol. The van der Waals surface area contributed by atoms with Gasteiger partial charge in [0.05, 0.1) is 24.3 Å². The van der Waals surface area contributed by atoms with E-state index in [1.54, 1.807) is 6.08 Å². The molecule has 0 amide bonds. The number of esters is 2. The number of hydrogen-bond acceptors (Lipinski definition) is 12. The van der Waals surface area contributed by atoms with E-state index in [0.717, 1.165) is 11.1 Å². The number of likely N-dealkylation sites (tertiary alicyclic amines) is 1. The van der Waals surface area contributed by atoms with E-state index in [1.165, 1.54) is 0 Å². The van der Waals surface area contributed by atoms with Crippen LogP contribution in [0.25, 0.3) is 0 Å². The van der Waals surface area contributed by atoms with Crippen molar-refractivity contribution >= 4 is 38.2 Å². The fraction of sp³-hybridized carbons (Fsp3) is 0.606. The van der Waals surface area contributed by atoms with E-state index < -0.39 is 86.4 Å². The van der Waals surface area contributed by atoms with Crippen molar-refractivity contribution in [1.82, 2.24) is 4.90 Å². The van der Waals surface area contributed by atoms with Gasteiger partial charge in [-0.15, -0.1) is 0 Å². The summed E-state index contributed by atoms with van der Waals surface area (Å²) in [7, 11) is -0.405. The molecule has 1 saturated heterocycles. The Morgan fingerprint density at radius 3 is 2.10 bits per heavy atom. The van der Waals surface area contributed by atoms with E-state index in [2.05, 4.69) is 38.8 Å². The molecule has 1 fully saturated rings. The molecule has 2 heterocycles. The zero-order valence-electron chi connectivity index (χ0n) is 29.5. The number of aliphatic carboxylic acids is 3. The standard InChI is InChI=1S/C31H43N3O10Si.C2HF3O2/c1-29(2,3)45(5,6)44-19-8-7-16-13-21-31(43-23(36)15-18(33)28(39)40)10-9-20(41-22(35)14-17(32)27(37)38)26-30(31,11-12-34(21)4)24(16)25(19)42-26;3-2(4,5)1(6)7/h7-9,17-18,21,26H,10-15,32-33H2,1-6H3,(H,37,38)(H,39,40);(H,6,7)/t17-,18-,21+,26-,30-,31+;/m0./s1. The second-order valence-corrected chi connectivity index (χ2v) is 19.7. The third kappa shape index (κ3) is 7.22. The number of likely N-dealkylation sites (N-methyl/N-ethyl adjacent to an activating group) is 1. The van der Waals surface area contributed by atoms with Crippen LogP contribution in [-0.4, -0.2) is 108 Å². The summed E-state index contributed by atoms with van der Waals surface area (Å²) in [5.41, 5.74) is 10.9. The molecule has 4 aliphatic rings. The van der Waals surface area contributed by atoms with Crippen LogP contribution in [0, 0.1) is 0 Å². The second-order valence-electron chi connectivity index (χ2n) is 15.0. The van der Waals surface area contributed by atoms with Crippen LogP contribution in [0.3, 0.4) is 0 Å².